The minimum absolute atomic E-state index is 0.0848. The van der Waals surface area contributed by atoms with Gasteiger partial charge >= 0.3 is 0 Å². The number of carbonyl (C=O) groups excluding carboxylic acids is 1. The van der Waals surface area contributed by atoms with Crippen molar-refractivity contribution in [3.8, 4) is 0 Å². The standard InChI is InChI=1S/C15H14ClN3O3S/c1-15(2)11-6-5-9(8-12(11)23(21,22)19-15)18-14(20)10-4-3-7-17-13(10)16/h3-8,19H,1-2H3,(H,18,20). The highest BCUT2D eigenvalue weighted by Crippen LogP contribution is 2.36. The number of nitrogens with zero attached hydrogens (tertiary/aromatic N) is 1. The molecule has 8 heteroatoms. The molecule has 1 aromatic heterocycles. The zero-order valence-corrected chi connectivity index (χ0v) is 14.0. The highest BCUT2D eigenvalue weighted by Gasteiger charge is 2.39. The maximum Gasteiger partial charge on any atom is 0.258 e. The molecule has 120 valence electrons. The van der Waals surface area contributed by atoms with E-state index in [-0.39, 0.29) is 15.6 Å². The number of hydrogen-bond acceptors (Lipinski definition) is 4. The number of halogens is 1. The fraction of sp³-hybridized carbons (Fsp3) is 0.200. The van der Waals surface area contributed by atoms with Crippen LogP contribution in [0.1, 0.15) is 29.8 Å². The maximum atomic E-state index is 12.2. The van der Waals surface area contributed by atoms with E-state index in [2.05, 4.69) is 15.0 Å². The second-order valence-electron chi connectivity index (χ2n) is 5.74. The quantitative estimate of drug-likeness (QED) is 0.814. The smallest absolute Gasteiger partial charge is 0.258 e. The number of carbonyl (C=O) groups is 1. The number of pyridine rings is 1. The Morgan fingerprint density at radius 1 is 1.30 bits per heavy atom. The van der Waals surface area contributed by atoms with Gasteiger partial charge in [0.2, 0.25) is 10.0 Å². The molecule has 0 atom stereocenters. The summed E-state index contributed by atoms with van der Waals surface area (Å²) in [6.45, 7) is 3.56. The lowest BCUT2D eigenvalue weighted by Crippen LogP contribution is -2.32. The van der Waals surface area contributed by atoms with Crippen molar-refractivity contribution >= 4 is 33.2 Å². The molecule has 2 N–H and O–H groups in total. The minimum Gasteiger partial charge on any atom is -0.322 e. The van der Waals surface area contributed by atoms with Crippen molar-refractivity contribution in [3.63, 3.8) is 0 Å². The second kappa shape index (κ2) is 5.30. The minimum atomic E-state index is -3.58. The molecule has 23 heavy (non-hydrogen) atoms. The predicted molar refractivity (Wildman–Crippen MR) is 87.0 cm³/mol. The third kappa shape index (κ3) is 2.83. The number of amides is 1. The molecule has 0 saturated heterocycles. The summed E-state index contributed by atoms with van der Waals surface area (Å²) in [4.78, 5) is 16.2. The lowest BCUT2D eigenvalue weighted by Gasteiger charge is -2.17. The van der Waals surface area contributed by atoms with Gasteiger partial charge in [0, 0.05) is 11.9 Å². The molecule has 0 saturated carbocycles. The van der Waals surface area contributed by atoms with E-state index < -0.39 is 21.5 Å². The van der Waals surface area contributed by atoms with Crippen LogP contribution in [0, 0.1) is 0 Å². The van der Waals surface area contributed by atoms with Crippen molar-refractivity contribution in [1.82, 2.24) is 9.71 Å². The maximum absolute atomic E-state index is 12.2. The van der Waals surface area contributed by atoms with Crippen molar-refractivity contribution in [2.45, 2.75) is 24.3 Å². The molecule has 2 aromatic rings. The van der Waals surface area contributed by atoms with E-state index in [1.807, 2.05) is 0 Å². The van der Waals surface area contributed by atoms with Gasteiger partial charge < -0.3 is 5.32 Å². The van der Waals surface area contributed by atoms with Crippen LogP contribution >= 0.6 is 11.6 Å². The number of sulfonamides is 1. The van der Waals surface area contributed by atoms with Gasteiger partial charge in [-0.25, -0.2) is 18.1 Å². The number of benzene rings is 1. The lowest BCUT2D eigenvalue weighted by atomic mass is 9.95. The van der Waals surface area contributed by atoms with Crippen LogP contribution in [0.3, 0.4) is 0 Å². The van der Waals surface area contributed by atoms with Gasteiger partial charge in [-0.15, -0.1) is 0 Å². The fourth-order valence-electron chi connectivity index (χ4n) is 2.54. The van der Waals surface area contributed by atoms with Crippen LogP contribution in [-0.4, -0.2) is 19.3 Å². The molecular formula is C15H14ClN3O3S. The Morgan fingerprint density at radius 3 is 2.74 bits per heavy atom. The Kier molecular flexibility index (Phi) is 3.66. The predicted octanol–water partition coefficient (Wildman–Crippen LogP) is 2.51. The summed E-state index contributed by atoms with van der Waals surface area (Å²) in [6.07, 6.45) is 1.48. The molecule has 0 aliphatic carbocycles. The van der Waals surface area contributed by atoms with Crippen LogP contribution in [0.4, 0.5) is 5.69 Å². The Labute approximate surface area is 138 Å². The summed E-state index contributed by atoms with van der Waals surface area (Å²) in [6, 6.07) is 7.92. The lowest BCUT2D eigenvalue weighted by molar-refractivity contribution is 0.102. The Bertz CT molecular complexity index is 910. The number of rotatable bonds is 2. The average molecular weight is 352 g/mol. The highest BCUT2D eigenvalue weighted by atomic mass is 35.5. The van der Waals surface area contributed by atoms with Gasteiger partial charge in [-0.05, 0) is 43.7 Å². The van der Waals surface area contributed by atoms with Gasteiger partial charge in [0.25, 0.3) is 5.91 Å². The van der Waals surface area contributed by atoms with E-state index >= 15 is 0 Å². The first-order chi connectivity index (χ1) is 10.7. The molecule has 6 nitrogen and oxygen atoms in total. The molecule has 3 rings (SSSR count). The summed E-state index contributed by atoms with van der Waals surface area (Å²) < 4.78 is 26.9. The van der Waals surface area contributed by atoms with Gasteiger partial charge in [-0.1, -0.05) is 17.7 Å². The van der Waals surface area contributed by atoms with Crippen molar-refractivity contribution < 1.29 is 13.2 Å². The molecule has 1 amide bonds. The largest absolute Gasteiger partial charge is 0.322 e. The van der Waals surface area contributed by atoms with Gasteiger partial charge in [0.15, 0.2) is 0 Å². The van der Waals surface area contributed by atoms with Gasteiger partial charge in [-0.3, -0.25) is 4.79 Å². The first-order valence-corrected chi connectivity index (χ1v) is 8.67. The van der Waals surface area contributed by atoms with Crippen LogP contribution in [0.2, 0.25) is 5.15 Å². The van der Waals surface area contributed by atoms with E-state index in [1.165, 1.54) is 12.3 Å². The average Bonchev–Trinajstić information content (AvgIpc) is 2.64. The Hall–Kier alpha value is -1.96. The summed E-state index contributed by atoms with van der Waals surface area (Å²) in [7, 11) is -3.58. The summed E-state index contributed by atoms with van der Waals surface area (Å²) in [5.41, 5.74) is 0.575. The number of anilines is 1. The van der Waals surface area contributed by atoms with Crippen LogP contribution in [0.15, 0.2) is 41.4 Å². The number of fused-ring (bicyclic) bond motifs is 1. The molecule has 0 spiro atoms. The Morgan fingerprint density at radius 2 is 2.04 bits per heavy atom. The monoisotopic (exact) mass is 351 g/mol. The number of nitrogens with one attached hydrogen (secondary N) is 2. The highest BCUT2D eigenvalue weighted by molar-refractivity contribution is 7.89. The number of hydrogen-bond donors (Lipinski definition) is 2. The third-order valence-corrected chi connectivity index (χ3v) is 5.59. The molecule has 0 fully saturated rings. The molecule has 0 unspecified atom stereocenters. The first-order valence-electron chi connectivity index (χ1n) is 6.81. The molecule has 2 heterocycles. The van der Waals surface area contributed by atoms with Crippen LogP contribution < -0.4 is 10.0 Å². The fourth-order valence-corrected chi connectivity index (χ4v) is 4.53. The summed E-state index contributed by atoms with van der Waals surface area (Å²) in [5.74, 6) is -0.453. The van der Waals surface area contributed by atoms with Gasteiger partial charge in [-0.2, -0.15) is 0 Å². The van der Waals surface area contributed by atoms with Crippen LogP contribution in [0.5, 0.6) is 0 Å². The summed E-state index contributed by atoms with van der Waals surface area (Å²) in [5, 5.41) is 2.72. The van der Waals surface area contributed by atoms with Crippen molar-refractivity contribution in [2.24, 2.45) is 0 Å². The van der Waals surface area contributed by atoms with Gasteiger partial charge in [0.1, 0.15) is 5.15 Å². The van der Waals surface area contributed by atoms with E-state index in [0.717, 1.165) is 0 Å². The Balaban J connectivity index is 1.95. The van der Waals surface area contributed by atoms with Gasteiger partial charge in [0.05, 0.1) is 16.0 Å². The van der Waals surface area contributed by atoms with E-state index in [9.17, 15) is 13.2 Å². The zero-order valence-electron chi connectivity index (χ0n) is 12.4. The second-order valence-corrected chi connectivity index (χ2v) is 7.75. The summed E-state index contributed by atoms with van der Waals surface area (Å²) >= 11 is 5.88. The van der Waals surface area contributed by atoms with Crippen molar-refractivity contribution in [1.29, 1.82) is 0 Å². The van der Waals surface area contributed by atoms with Crippen molar-refractivity contribution in [3.05, 3.63) is 52.8 Å². The topological polar surface area (TPSA) is 88.2 Å². The van der Waals surface area contributed by atoms with Crippen LogP contribution in [0.25, 0.3) is 0 Å². The molecular weight excluding hydrogens is 338 g/mol. The molecule has 1 aromatic carbocycles. The van der Waals surface area contributed by atoms with Crippen molar-refractivity contribution in [2.75, 3.05) is 5.32 Å². The molecule has 1 aliphatic rings. The van der Waals surface area contributed by atoms with Crippen LogP contribution in [-0.2, 0) is 15.6 Å². The van der Waals surface area contributed by atoms with E-state index in [0.29, 0.717) is 11.3 Å². The molecule has 0 bridgehead atoms. The van der Waals surface area contributed by atoms with E-state index in [4.69, 9.17) is 11.6 Å². The normalized spacial score (nSPS) is 17.5. The number of aromatic nitrogens is 1. The molecule has 1 aliphatic heterocycles. The van der Waals surface area contributed by atoms with E-state index in [1.54, 1.807) is 38.1 Å². The molecule has 0 radical (unpaired) electrons. The zero-order chi connectivity index (χ0) is 16.8. The first kappa shape index (κ1) is 15.9. The third-order valence-electron chi connectivity index (χ3n) is 3.60. The SMILES string of the molecule is CC1(C)NS(=O)(=O)c2cc(NC(=O)c3cccnc3Cl)ccc21.